The van der Waals surface area contributed by atoms with Gasteiger partial charge in [-0.3, -0.25) is 19.6 Å². The van der Waals surface area contributed by atoms with Crippen LogP contribution in [0.15, 0.2) is 51.3 Å². The van der Waals surface area contributed by atoms with E-state index in [9.17, 15) is 30.8 Å². The summed E-state index contributed by atoms with van der Waals surface area (Å²) >= 11 is 0. The van der Waals surface area contributed by atoms with Gasteiger partial charge in [0, 0.05) is 6.26 Å². The van der Waals surface area contributed by atoms with Crippen LogP contribution in [0.3, 0.4) is 0 Å². The highest BCUT2D eigenvalue weighted by Gasteiger charge is 2.54. The molecule has 2 unspecified atom stereocenters. The molecule has 4 rings (SSSR count). The second-order valence-electron chi connectivity index (χ2n) is 9.80. The zero-order valence-electron chi connectivity index (χ0n) is 19.5. The van der Waals surface area contributed by atoms with Gasteiger partial charge in [-0.2, -0.15) is 0 Å². The minimum Gasteiger partial charge on any atom is -0.325 e. The molecule has 9 nitrogen and oxygen atoms in total. The Morgan fingerprint density at radius 1 is 1.14 bits per heavy atom. The molecule has 0 aliphatic carbocycles. The van der Waals surface area contributed by atoms with Gasteiger partial charge in [-0.05, 0) is 35.7 Å². The summed E-state index contributed by atoms with van der Waals surface area (Å²) in [5.41, 5.74) is -0.439. The van der Waals surface area contributed by atoms with Crippen molar-refractivity contribution in [1.82, 2.24) is 9.88 Å². The molecular formula is C23H24FN3O6S2. The number of carbonyl (C=O) groups is 2. The molecule has 12 heteroatoms. The zero-order chi connectivity index (χ0) is 25.9. The Kier molecular flexibility index (Phi) is 5.95. The van der Waals surface area contributed by atoms with E-state index in [-0.39, 0.29) is 27.7 Å². The van der Waals surface area contributed by atoms with Crippen LogP contribution in [0.2, 0.25) is 0 Å². The molecule has 2 aromatic rings. The molecule has 0 spiro atoms. The molecule has 2 aliphatic heterocycles. The average Bonchev–Trinajstić information content (AvgIpc) is 2.97. The third kappa shape index (κ3) is 4.64. The third-order valence-electron chi connectivity index (χ3n) is 5.97. The zero-order valence-corrected chi connectivity index (χ0v) is 21.2. The van der Waals surface area contributed by atoms with Gasteiger partial charge >= 0.3 is 0 Å². The van der Waals surface area contributed by atoms with E-state index in [4.69, 9.17) is 0 Å². The molecule has 1 aromatic heterocycles. The molecule has 186 valence electrons. The Bertz CT molecular complexity index is 1480. The number of hydrogen-bond donors (Lipinski definition) is 0. The number of hydrogen-bond acceptors (Lipinski definition) is 8. The second-order valence-corrected chi connectivity index (χ2v) is 13.8. The first-order valence-corrected chi connectivity index (χ1v) is 14.2. The maximum Gasteiger partial charge on any atom is 0.240 e. The summed E-state index contributed by atoms with van der Waals surface area (Å²) < 4.78 is 63.2. The molecule has 1 fully saturated rings. The summed E-state index contributed by atoms with van der Waals surface area (Å²) in [4.78, 5) is 36.2. The van der Waals surface area contributed by atoms with Crippen LogP contribution in [0, 0.1) is 17.2 Å². The Labute approximate surface area is 202 Å². The van der Waals surface area contributed by atoms with Gasteiger partial charge in [-0.1, -0.05) is 20.8 Å². The van der Waals surface area contributed by atoms with Crippen molar-refractivity contribution in [3.05, 3.63) is 48.0 Å². The first-order valence-electron chi connectivity index (χ1n) is 10.7. The van der Waals surface area contributed by atoms with Crippen molar-refractivity contribution in [1.29, 1.82) is 0 Å². The topological polar surface area (TPSA) is 131 Å². The van der Waals surface area contributed by atoms with Crippen molar-refractivity contribution >= 4 is 42.8 Å². The smallest absolute Gasteiger partial charge is 0.240 e. The Morgan fingerprint density at radius 3 is 2.40 bits per heavy atom. The molecule has 0 saturated carbocycles. The number of pyridine rings is 1. The van der Waals surface area contributed by atoms with Crippen LogP contribution in [-0.2, 0) is 35.8 Å². The number of rotatable bonds is 4. The lowest BCUT2D eigenvalue weighted by molar-refractivity contribution is -0.132. The Hall–Kier alpha value is -2.99. The van der Waals surface area contributed by atoms with E-state index in [1.807, 2.05) is 0 Å². The van der Waals surface area contributed by atoms with Crippen molar-refractivity contribution in [3.63, 3.8) is 0 Å². The molecule has 2 atom stereocenters. The third-order valence-corrected chi connectivity index (χ3v) is 8.75. The van der Waals surface area contributed by atoms with Gasteiger partial charge < -0.3 is 4.90 Å². The summed E-state index contributed by atoms with van der Waals surface area (Å²) in [5, 5.41) is 0. The van der Waals surface area contributed by atoms with Crippen molar-refractivity contribution in [2.45, 2.75) is 43.1 Å². The summed E-state index contributed by atoms with van der Waals surface area (Å²) in [5.74, 6) is -3.71. The highest BCUT2D eigenvalue weighted by Crippen LogP contribution is 2.39. The maximum absolute atomic E-state index is 13.5. The molecular weight excluding hydrogens is 497 g/mol. The number of halogens is 1. The largest absolute Gasteiger partial charge is 0.325 e. The number of sulfone groups is 2. The fourth-order valence-electron chi connectivity index (χ4n) is 4.44. The van der Waals surface area contributed by atoms with Crippen LogP contribution in [0.4, 0.5) is 10.1 Å². The van der Waals surface area contributed by atoms with Gasteiger partial charge in [0.1, 0.15) is 11.7 Å². The van der Waals surface area contributed by atoms with Gasteiger partial charge in [0.2, 0.25) is 5.91 Å². The fraction of sp³-hybridized carbons (Fsp3) is 0.391. The molecule has 0 N–H and O–H groups in total. The number of benzene rings is 1. The number of ketones is 1. The molecule has 1 aromatic carbocycles. The standard InChI is InChI=1S/C23H24FN3O6S2/c1-23(2,3)21-20(28)19(22(29)27(21)11-14-6-5-13(24)10-25-14)17-12-35(32,33)18-9-15(34(4,30)31)7-8-16(18)26-17/h5-10,19,21H,11-12H2,1-4H3. The lowest BCUT2D eigenvalue weighted by Crippen LogP contribution is -2.44. The van der Waals surface area contributed by atoms with E-state index in [0.717, 1.165) is 18.5 Å². The van der Waals surface area contributed by atoms with Crippen molar-refractivity contribution < 1.29 is 30.8 Å². The number of nitrogens with zero attached hydrogens (tertiary/aromatic N) is 3. The highest BCUT2D eigenvalue weighted by molar-refractivity contribution is 7.92. The van der Waals surface area contributed by atoms with Crippen LogP contribution in [0.1, 0.15) is 26.5 Å². The average molecular weight is 522 g/mol. The normalized spacial score (nSPS) is 22.2. The van der Waals surface area contributed by atoms with E-state index in [1.54, 1.807) is 20.8 Å². The van der Waals surface area contributed by atoms with Gasteiger partial charge in [0.25, 0.3) is 0 Å². The van der Waals surface area contributed by atoms with Gasteiger partial charge in [-0.25, -0.2) is 21.2 Å². The van der Waals surface area contributed by atoms with Crippen molar-refractivity contribution in [2.75, 3.05) is 12.0 Å². The number of carbonyl (C=O) groups excluding carboxylic acids is 2. The van der Waals surface area contributed by atoms with Crippen molar-refractivity contribution in [2.24, 2.45) is 16.3 Å². The van der Waals surface area contributed by atoms with Gasteiger partial charge in [-0.15, -0.1) is 0 Å². The lowest BCUT2D eigenvalue weighted by Gasteiger charge is -2.33. The van der Waals surface area contributed by atoms with Gasteiger partial charge in [0.15, 0.2) is 25.5 Å². The Morgan fingerprint density at radius 2 is 1.83 bits per heavy atom. The highest BCUT2D eigenvalue weighted by atomic mass is 32.2. The first kappa shape index (κ1) is 25.1. The number of likely N-dealkylation sites (tertiary alicyclic amines) is 1. The number of Topliss-reactive ketones (excluding diaryl/α,β-unsaturated/α-hetero) is 1. The number of fused-ring (bicyclic) bond motifs is 1. The summed E-state index contributed by atoms with van der Waals surface area (Å²) in [6.07, 6.45) is 1.98. The number of aliphatic imine (C=N–C) groups is 1. The predicted molar refractivity (Wildman–Crippen MR) is 125 cm³/mol. The van der Waals surface area contributed by atoms with Crippen LogP contribution in [-0.4, -0.2) is 62.2 Å². The van der Waals surface area contributed by atoms with Gasteiger partial charge in [0.05, 0.1) is 51.4 Å². The molecule has 0 bridgehead atoms. The monoisotopic (exact) mass is 521 g/mol. The first-order chi connectivity index (χ1) is 16.1. The van der Waals surface area contributed by atoms with Crippen LogP contribution < -0.4 is 0 Å². The molecule has 1 saturated heterocycles. The molecule has 35 heavy (non-hydrogen) atoms. The maximum atomic E-state index is 13.5. The van der Waals surface area contributed by atoms with E-state index < -0.39 is 60.3 Å². The quantitative estimate of drug-likeness (QED) is 0.563. The molecule has 3 heterocycles. The van der Waals surface area contributed by atoms with Crippen LogP contribution in [0.5, 0.6) is 0 Å². The lowest BCUT2D eigenvalue weighted by atomic mass is 9.82. The van der Waals surface area contributed by atoms with Crippen LogP contribution in [0.25, 0.3) is 0 Å². The summed E-state index contributed by atoms with van der Waals surface area (Å²) in [6, 6.07) is 5.27. The Balaban J connectivity index is 1.77. The van der Waals surface area contributed by atoms with E-state index >= 15 is 0 Å². The minimum atomic E-state index is -4.06. The van der Waals surface area contributed by atoms with E-state index in [2.05, 4.69) is 9.98 Å². The number of amides is 1. The van der Waals surface area contributed by atoms with E-state index in [0.29, 0.717) is 5.69 Å². The predicted octanol–water partition coefficient (Wildman–Crippen LogP) is 2.13. The fourth-order valence-corrected chi connectivity index (χ4v) is 6.68. The summed E-state index contributed by atoms with van der Waals surface area (Å²) in [7, 11) is -7.72. The second kappa shape index (κ2) is 8.30. The SMILES string of the molecule is CC(C)(C)C1C(=O)C(C2=Nc3ccc(S(C)(=O)=O)cc3S(=O)(=O)C2)C(=O)N1Cc1ccc(F)cn1. The molecule has 1 amide bonds. The minimum absolute atomic E-state index is 0.0230. The van der Waals surface area contributed by atoms with E-state index in [1.165, 1.54) is 29.2 Å². The number of aromatic nitrogens is 1. The van der Waals surface area contributed by atoms with Crippen molar-refractivity contribution in [3.8, 4) is 0 Å². The molecule has 2 aliphatic rings. The van der Waals surface area contributed by atoms with Crippen LogP contribution >= 0.6 is 0 Å². The molecule has 0 radical (unpaired) electrons. The summed E-state index contributed by atoms with van der Waals surface area (Å²) in [6.45, 7) is 5.31.